The summed E-state index contributed by atoms with van der Waals surface area (Å²) in [5.41, 5.74) is 2.07. The van der Waals surface area contributed by atoms with E-state index < -0.39 is 0 Å². The van der Waals surface area contributed by atoms with Gasteiger partial charge in [0.05, 0.1) is 6.10 Å². The van der Waals surface area contributed by atoms with E-state index in [-0.39, 0.29) is 12.0 Å². The molecule has 1 aromatic rings. The van der Waals surface area contributed by atoms with E-state index in [4.69, 9.17) is 4.74 Å². The number of ether oxygens (including phenoxy) is 1. The molecule has 2 aliphatic rings. The molecule has 24 heavy (non-hydrogen) atoms. The lowest BCUT2D eigenvalue weighted by Crippen LogP contribution is -2.37. The standard InChI is InChI=1S/C20H30N2O2/c1-21(16-19-7-3-6-14-24-19)20(23)18-10-8-17(9-11-18)15-22-12-4-2-5-13-22/h8-11,19H,2-7,12-16H2,1H3/t19-/m1/s1. The van der Waals surface area contributed by atoms with Crippen LogP contribution in [0.2, 0.25) is 0 Å². The molecule has 0 aliphatic carbocycles. The lowest BCUT2D eigenvalue weighted by Gasteiger charge is -2.28. The van der Waals surface area contributed by atoms with Crippen molar-refractivity contribution >= 4 is 5.91 Å². The zero-order valence-electron chi connectivity index (χ0n) is 14.9. The highest BCUT2D eigenvalue weighted by Crippen LogP contribution is 2.16. The van der Waals surface area contributed by atoms with Crippen molar-refractivity contribution in [1.82, 2.24) is 9.80 Å². The first-order valence-corrected chi connectivity index (χ1v) is 9.41. The maximum atomic E-state index is 12.6. The van der Waals surface area contributed by atoms with Gasteiger partial charge in [-0.25, -0.2) is 0 Å². The van der Waals surface area contributed by atoms with E-state index in [1.54, 1.807) is 4.90 Å². The van der Waals surface area contributed by atoms with Gasteiger partial charge in [-0.2, -0.15) is 0 Å². The molecule has 0 radical (unpaired) electrons. The van der Waals surface area contributed by atoms with Crippen LogP contribution in [-0.4, -0.2) is 55.1 Å². The van der Waals surface area contributed by atoms with Crippen molar-refractivity contribution in [2.75, 3.05) is 33.3 Å². The molecule has 0 saturated carbocycles. The summed E-state index contributed by atoms with van der Waals surface area (Å²) in [4.78, 5) is 16.9. The first kappa shape index (κ1) is 17.4. The van der Waals surface area contributed by atoms with Crippen molar-refractivity contribution < 1.29 is 9.53 Å². The fourth-order valence-corrected chi connectivity index (χ4v) is 3.69. The van der Waals surface area contributed by atoms with E-state index in [0.29, 0.717) is 6.54 Å². The van der Waals surface area contributed by atoms with Crippen LogP contribution < -0.4 is 0 Å². The normalized spacial score (nSPS) is 22.3. The maximum Gasteiger partial charge on any atom is 0.253 e. The van der Waals surface area contributed by atoms with Crippen molar-refractivity contribution in [1.29, 1.82) is 0 Å². The number of benzene rings is 1. The van der Waals surface area contributed by atoms with Gasteiger partial charge in [0, 0.05) is 32.3 Å². The van der Waals surface area contributed by atoms with Gasteiger partial charge in [-0.05, 0) is 62.9 Å². The molecular weight excluding hydrogens is 300 g/mol. The van der Waals surface area contributed by atoms with Gasteiger partial charge in [0.2, 0.25) is 0 Å². The van der Waals surface area contributed by atoms with Gasteiger partial charge >= 0.3 is 0 Å². The van der Waals surface area contributed by atoms with Crippen molar-refractivity contribution in [2.45, 2.75) is 51.2 Å². The summed E-state index contributed by atoms with van der Waals surface area (Å²) in [6, 6.07) is 8.15. The molecule has 2 aliphatic heterocycles. The highest BCUT2D eigenvalue weighted by molar-refractivity contribution is 5.94. The number of piperidine rings is 1. The molecular formula is C20H30N2O2. The summed E-state index contributed by atoms with van der Waals surface area (Å²) in [5, 5.41) is 0. The smallest absolute Gasteiger partial charge is 0.253 e. The van der Waals surface area contributed by atoms with E-state index in [9.17, 15) is 4.79 Å². The summed E-state index contributed by atoms with van der Waals surface area (Å²) in [5.74, 6) is 0.0914. The Bertz CT molecular complexity index is 517. The number of amides is 1. The van der Waals surface area contributed by atoms with Crippen molar-refractivity contribution in [3.8, 4) is 0 Å². The van der Waals surface area contributed by atoms with Crippen LogP contribution >= 0.6 is 0 Å². The molecule has 2 heterocycles. The van der Waals surface area contributed by atoms with Gasteiger partial charge in [-0.1, -0.05) is 18.6 Å². The summed E-state index contributed by atoms with van der Waals surface area (Å²) < 4.78 is 5.74. The summed E-state index contributed by atoms with van der Waals surface area (Å²) >= 11 is 0. The SMILES string of the molecule is CN(C[C@H]1CCCCO1)C(=O)c1ccc(CN2CCCCC2)cc1. The number of carbonyl (C=O) groups is 1. The fourth-order valence-electron chi connectivity index (χ4n) is 3.69. The Morgan fingerprint density at radius 3 is 2.54 bits per heavy atom. The number of likely N-dealkylation sites (N-methyl/N-ethyl adjacent to an activating group) is 1. The van der Waals surface area contributed by atoms with E-state index in [1.807, 2.05) is 19.2 Å². The molecule has 132 valence electrons. The monoisotopic (exact) mass is 330 g/mol. The molecule has 0 N–H and O–H groups in total. The van der Waals surface area contributed by atoms with E-state index >= 15 is 0 Å². The topological polar surface area (TPSA) is 32.8 Å². The Labute approximate surface area is 145 Å². The summed E-state index contributed by atoms with van der Waals surface area (Å²) in [7, 11) is 1.88. The molecule has 4 nitrogen and oxygen atoms in total. The van der Waals surface area contributed by atoms with Crippen LogP contribution in [0.4, 0.5) is 0 Å². The summed E-state index contributed by atoms with van der Waals surface area (Å²) in [6.07, 6.45) is 7.60. The molecule has 0 aromatic heterocycles. The Morgan fingerprint density at radius 2 is 1.88 bits per heavy atom. The highest BCUT2D eigenvalue weighted by atomic mass is 16.5. The average Bonchev–Trinajstić information content (AvgIpc) is 2.63. The van der Waals surface area contributed by atoms with Crippen LogP contribution in [0.5, 0.6) is 0 Å². The highest BCUT2D eigenvalue weighted by Gasteiger charge is 2.19. The predicted molar refractivity (Wildman–Crippen MR) is 96.1 cm³/mol. The van der Waals surface area contributed by atoms with Crippen LogP contribution in [0.15, 0.2) is 24.3 Å². The lowest BCUT2D eigenvalue weighted by atomic mass is 10.1. The van der Waals surface area contributed by atoms with Gasteiger partial charge in [0.1, 0.15) is 0 Å². The van der Waals surface area contributed by atoms with Gasteiger partial charge in [0.25, 0.3) is 5.91 Å². The molecule has 3 rings (SSSR count). The predicted octanol–water partition coefficient (Wildman–Crippen LogP) is 3.31. The Hall–Kier alpha value is -1.39. The van der Waals surface area contributed by atoms with Crippen molar-refractivity contribution in [2.24, 2.45) is 0 Å². The zero-order chi connectivity index (χ0) is 16.8. The molecule has 2 saturated heterocycles. The minimum atomic E-state index is 0.0914. The van der Waals surface area contributed by atoms with E-state index in [1.165, 1.54) is 44.3 Å². The average molecular weight is 330 g/mol. The molecule has 0 spiro atoms. The molecule has 4 heteroatoms. The Morgan fingerprint density at radius 1 is 1.12 bits per heavy atom. The zero-order valence-corrected chi connectivity index (χ0v) is 14.9. The summed E-state index contributed by atoms with van der Waals surface area (Å²) in [6.45, 7) is 4.92. The first-order chi connectivity index (χ1) is 11.7. The van der Waals surface area contributed by atoms with Crippen LogP contribution in [0.25, 0.3) is 0 Å². The van der Waals surface area contributed by atoms with Crippen molar-refractivity contribution in [3.63, 3.8) is 0 Å². The lowest BCUT2D eigenvalue weighted by molar-refractivity contribution is -0.000187. The minimum absolute atomic E-state index is 0.0914. The second-order valence-corrected chi connectivity index (χ2v) is 7.21. The largest absolute Gasteiger partial charge is 0.376 e. The van der Waals surface area contributed by atoms with Crippen LogP contribution in [0, 0.1) is 0 Å². The first-order valence-electron chi connectivity index (χ1n) is 9.41. The number of likely N-dealkylation sites (tertiary alicyclic amines) is 1. The molecule has 1 atom stereocenters. The van der Waals surface area contributed by atoms with Gasteiger partial charge in [0.15, 0.2) is 0 Å². The molecule has 0 bridgehead atoms. The minimum Gasteiger partial charge on any atom is -0.376 e. The third-order valence-corrected chi connectivity index (χ3v) is 5.15. The Balaban J connectivity index is 1.52. The molecule has 1 aromatic carbocycles. The van der Waals surface area contributed by atoms with Gasteiger partial charge < -0.3 is 9.64 Å². The second-order valence-electron chi connectivity index (χ2n) is 7.21. The molecule has 1 amide bonds. The molecule has 0 unspecified atom stereocenters. The third kappa shape index (κ3) is 4.81. The number of carbonyl (C=O) groups excluding carboxylic acids is 1. The van der Waals surface area contributed by atoms with E-state index in [0.717, 1.165) is 31.6 Å². The van der Waals surface area contributed by atoms with Gasteiger partial charge in [-0.15, -0.1) is 0 Å². The number of hydrogen-bond acceptors (Lipinski definition) is 3. The maximum absolute atomic E-state index is 12.6. The quantitative estimate of drug-likeness (QED) is 0.830. The second kappa shape index (κ2) is 8.63. The van der Waals surface area contributed by atoms with E-state index in [2.05, 4.69) is 17.0 Å². The Kier molecular flexibility index (Phi) is 6.27. The number of hydrogen-bond donors (Lipinski definition) is 0. The third-order valence-electron chi connectivity index (χ3n) is 5.15. The van der Waals surface area contributed by atoms with Crippen LogP contribution in [0.3, 0.4) is 0 Å². The van der Waals surface area contributed by atoms with Crippen LogP contribution in [0.1, 0.15) is 54.4 Å². The number of nitrogens with zero attached hydrogens (tertiary/aromatic N) is 2. The van der Waals surface area contributed by atoms with Crippen molar-refractivity contribution in [3.05, 3.63) is 35.4 Å². The fraction of sp³-hybridized carbons (Fsp3) is 0.650. The molecule has 2 fully saturated rings. The van der Waals surface area contributed by atoms with Gasteiger partial charge in [-0.3, -0.25) is 9.69 Å². The number of rotatable bonds is 5. The van der Waals surface area contributed by atoms with Crippen LogP contribution in [-0.2, 0) is 11.3 Å².